The third-order valence-corrected chi connectivity index (χ3v) is 3.04. The lowest BCUT2D eigenvalue weighted by Crippen LogP contribution is -2.45. The van der Waals surface area contributed by atoms with Gasteiger partial charge in [-0.05, 0) is 32.9 Å². The highest BCUT2D eigenvalue weighted by atomic mass is 35.5. The molecular weight excluding hydrogens is 255 g/mol. The van der Waals surface area contributed by atoms with E-state index in [2.05, 4.69) is 0 Å². The maximum Gasteiger partial charge on any atom is 0.239 e. The van der Waals surface area contributed by atoms with Crippen molar-refractivity contribution in [3.63, 3.8) is 0 Å². The molecule has 0 aliphatic rings. The van der Waals surface area contributed by atoms with Gasteiger partial charge in [-0.2, -0.15) is 0 Å². The minimum Gasteiger partial charge on any atom is -0.334 e. The van der Waals surface area contributed by atoms with E-state index in [1.54, 1.807) is 13.0 Å². The van der Waals surface area contributed by atoms with Crippen LogP contribution in [0.5, 0.6) is 0 Å². The Morgan fingerprint density at radius 3 is 2.50 bits per heavy atom. The van der Waals surface area contributed by atoms with Crippen LogP contribution in [0.15, 0.2) is 18.2 Å². The minimum atomic E-state index is -0.613. The molecule has 0 aliphatic heterocycles. The van der Waals surface area contributed by atoms with Crippen LogP contribution < -0.4 is 5.73 Å². The molecule has 1 rings (SSSR count). The molecule has 1 aromatic carbocycles. The molecule has 3 nitrogen and oxygen atoms in total. The van der Waals surface area contributed by atoms with E-state index in [1.807, 2.05) is 13.8 Å². The smallest absolute Gasteiger partial charge is 0.239 e. The third-order valence-electron chi connectivity index (χ3n) is 2.69. The summed E-state index contributed by atoms with van der Waals surface area (Å²) in [5, 5.41) is 0.318. The molecule has 0 saturated carbocycles. The van der Waals surface area contributed by atoms with Gasteiger partial charge in [0.15, 0.2) is 0 Å². The number of benzene rings is 1. The summed E-state index contributed by atoms with van der Waals surface area (Å²) in [4.78, 5) is 13.5. The Bertz CT molecular complexity index is 415. The molecule has 0 radical (unpaired) electrons. The maximum absolute atomic E-state index is 13.7. The van der Waals surface area contributed by atoms with Crippen molar-refractivity contribution >= 4 is 17.5 Å². The fraction of sp³-hybridized carbons (Fsp3) is 0.462. The first-order valence-corrected chi connectivity index (χ1v) is 6.21. The zero-order chi connectivity index (χ0) is 13.9. The first-order valence-electron chi connectivity index (χ1n) is 5.83. The summed E-state index contributed by atoms with van der Waals surface area (Å²) in [5.41, 5.74) is 5.91. The summed E-state index contributed by atoms with van der Waals surface area (Å²) >= 11 is 5.95. The lowest BCUT2D eigenvalue weighted by molar-refractivity contribution is -0.134. The first-order chi connectivity index (χ1) is 8.34. The first kappa shape index (κ1) is 14.9. The lowest BCUT2D eigenvalue weighted by atomic mass is 10.1. The largest absolute Gasteiger partial charge is 0.334 e. The molecule has 5 heteroatoms. The molecule has 1 atom stereocenters. The van der Waals surface area contributed by atoms with Crippen LogP contribution in [0.2, 0.25) is 5.02 Å². The van der Waals surface area contributed by atoms with Crippen molar-refractivity contribution in [2.24, 2.45) is 5.73 Å². The third kappa shape index (κ3) is 3.43. The summed E-state index contributed by atoms with van der Waals surface area (Å²) in [7, 11) is 0. The molecular formula is C13H18ClFN2O. The second-order valence-corrected chi connectivity index (χ2v) is 4.96. The van der Waals surface area contributed by atoms with Gasteiger partial charge in [0.25, 0.3) is 0 Å². The van der Waals surface area contributed by atoms with Gasteiger partial charge in [0.05, 0.1) is 12.6 Å². The molecule has 0 spiro atoms. The van der Waals surface area contributed by atoms with Crippen molar-refractivity contribution in [3.05, 3.63) is 34.6 Å². The zero-order valence-corrected chi connectivity index (χ0v) is 11.5. The Morgan fingerprint density at radius 2 is 2.06 bits per heavy atom. The Labute approximate surface area is 112 Å². The van der Waals surface area contributed by atoms with Crippen LogP contribution in [0.3, 0.4) is 0 Å². The summed E-state index contributed by atoms with van der Waals surface area (Å²) in [6, 6.07) is 3.79. The highest BCUT2D eigenvalue weighted by molar-refractivity contribution is 6.31. The molecule has 2 N–H and O–H groups in total. The van der Waals surface area contributed by atoms with Gasteiger partial charge in [-0.25, -0.2) is 4.39 Å². The standard InChI is InChI=1S/C13H18ClFN2O/c1-8(2)17(13(18)9(3)16)7-10-11(14)5-4-6-12(10)15/h4-6,8-9H,7,16H2,1-3H3/t9-/m0/s1. The minimum absolute atomic E-state index is 0.0702. The number of amides is 1. The quantitative estimate of drug-likeness (QED) is 0.916. The van der Waals surface area contributed by atoms with Gasteiger partial charge in [0.1, 0.15) is 5.82 Å². The van der Waals surface area contributed by atoms with Crippen molar-refractivity contribution in [2.45, 2.75) is 39.4 Å². The zero-order valence-electron chi connectivity index (χ0n) is 10.8. The van der Waals surface area contributed by atoms with Gasteiger partial charge in [-0.3, -0.25) is 4.79 Å². The van der Waals surface area contributed by atoms with Gasteiger partial charge in [-0.1, -0.05) is 17.7 Å². The Balaban J connectivity index is 3.01. The van der Waals surface area contributed by atoms with Crippen LogP contribution in [0.1, 0.15) is 26.3 Å². The molecule has 0 fully saturated rings. The van der Waals surface area contributed by atoms with Gasteiger partial charge in [-0.15, -0.1) is 0 Å². The van der Waals surface area contributed by atoms with Crippen molar-refractivity contribution in [3.8, 4) is 0 Å². The predicted octanol–water partition coefficient (Wildman–Crippen LogP) is 2.56. The molecule has 0 unspecified atom stereocenters. The molecule has 100 valence electrons. The number of hydrogen-bond acceptors (Lipinski definition) is 2. The molecule has 18 heavy (non-hydrogen) atoms. The summed E-state index contributed by atoms with van der Waals surface area (Å²) in [6.45, 7) is 5.45. The number of nitrogens with zero attached hydrogens (tertiary/aromatic N) is 1. The Kier molecular flexibility index (Phi) is 5.11. The normalized spacial score (nSPS) is 12.6. The maximum atomic E-state index is 13.7. The highest BCUT2D eigenvalue weighted by Crippen LogP contribution is 2.22. The molecule has 0 bridgehead atoms. The van der Waals surface area contributed by atoms with Crippen molar-refractivity contribution in [1.29, 1.82) is 0 Å². The van der Waals surface area contributed by atoms with Gasteiger partial charge in [0.2, 0.25) is 5.91 Å². The van der Waals surface area contributed by atoms with Gasteiger partial charge in [0, 0.05) is 16.6 Å². The van der Waals surface area contributed by atoms with E-state index < -0.39 is 11.9 Å². The number of nitrogens with two attached hydrogens (primary N) is 1. The SMILES string of the molecule is CC(C)N(Cc1c(F)cccc1Cl)C(=O)[C@H](C)N. The summed E-state index contributed by atoms with van der Waals surface area (Å²) in [5.74, 6) is -0.630. The number of halogens is 2. The van der Waals surface area contributed by atoms with Crippen LogP contribution in [-0.2, 0) is 11.3 Å². The van der Waals surface area contributed by atoms with E-state index in [1.165, 1.54) is 17.0 Å². The lowest BCUT2D eigenvalue weighted by Gasteiger charge is -2.29. The summed E-state index contributed by atoms with van der Waals surface area (Å²) in [6.07, 6.45) is 0. The van der Waals surface area contributed by atoms with Crippen LogP contribution in [0.25, 0.3) is 0 Å². The van der Waals surface area contributed by atoms with E-state index in [4.69, 9.17) is 17.3 Å². The van der Waals surface area contributed by atoms with Crippen LogP contribution in [0.4, 0.5) is 4.39 Å². The van der Waals surface area contributed by atoms with Crippen LogP contribution in [-0.4, -0.2) is 22.9 Å². The van der Waals surface area contributed by atoms with Gasteiger partial charge >= 0.3 is 0 Å². The average molecular weight is 273 g/mol. The molecule has 1 amide bonds. The number of rotatable bonds is 4. The fourth-order valence-corrected chi connectivity index (χ4v) is 1.85. The summed E-state index contributed by atoms with van der Waals surface area (Å²) < 4.78 is 13.7. The highest BCUT2D eigenvalue weighted by Gasteiger charge is 2.22. The monoisotopic (exact) mass is 272 g/mol. The number of carbonyl (C=O) groups is 1. The van der Waals surface area contributed by atoms with E-state index in [0.29, 0.717) is 10.6 Å². The molecule has 0 heterocycles. The second kappa shape index (κ2) is 6.16. The number of carbonyl (C=O) groups excluding carboxylic acids is 1. The average Bonchev–Trinajstić information content (AvgIpc) is 2.27. The van der Waals surface area contributed by atoms with Gasteiger partial charge < -0.3 is 10.6 Å². The molecule has 0 aliphatic carbocycles. The molecule has 0 saturated heterocycles. The van der Waals surface area contributed by atoms with Crippen molar-refractivity contribution in [1.82, 2.24) is 4.90 Å². The molecule has 0 aromatic heterocycles. The van der Waals surface area contributed by atoms with Crippen LogP contribution >= 0.6 is 11.6 Å². The Morgan fingerprint density at radius 1 is 1.44 bits per heavy atom. The van der Waals surface area contributed by atoms with Crippen molar-refractivity contribution in [2.75, 3.05) is 0 Å². The van der Waals surface area contributed by atoms with E-state index in [9.17, 15) is 9.18 Å². The fourth-order valence-electron chi connectivity index (χ4n) is 1.63. The van der Waals surface area contributed by atoms with E-state index >= 15 is 0 Å². The topological polar surface area (TPSA) is 46.3 Å². The Hall–Kier alpha value is -1.13. The van der Waals surface area contributed by atoms with E-state index in [0.717, 1.165) is 0 Å². The van der Waals surface area contributed by atoms with Crippen molar-refractivity contribution < 1.29 is 9.18 Å². The number of hydrogen-bond donors (Lipinski definition) is 1. The second-order valence-electron chi connectivity index (χ2n) is 4.55. The predicted molar refractivity (Wildman–Crippen MR) is 70.7 cm³/mol. The van der Waals surface area contributed by atoms with E-state index in [-0.39, 0.29) is 18.5 Å². The molecule has 1 aromatic rings. The van der Waals surface area contributed by atoms with Crippen LogP contribution in [0, 0.1) is 5.82 Å².